The number of nitrogens with zero attached hydrogens (tertiary/aromatic N) is 4. The molecule has 0 amide bonds. The van der Waals surface area contributed by atoms with Crippen molar-refractivity contribution in [2.75, 3.05) is 47.9 Å². The highest BCUT2D eigenvalue weighted by atomic mass is 16.5. The van der Waals surface area contributed by atoms with Crippen molar-refractivity contribution in [3.63, 3.8) is 0 Å². The summed E-state index contributed by atoms with van der Waals surface area (Å²) in [5, 5.41) is 10.6. The fraction of sp³-hybridized carbons (Fsp3) is 0.692. The highest BCUT2D eigenvalue weighted by molar-refractivity contribution is 5.26. The van der Waals surface area contributed by atoms with E-state index in [-0.39, 0.29) is 6.04 Å². The van der Waals surface area contributed by atoms with Crippen LogP contribution >= 0.6 is 0 Å². The Hall–Kier alpha value is -1.44. The van der Waals surface area contributed by atoms with Gasteiger partial charge in [-0.1, -0.05) is 0 Å². The lowest BCUT2D eigenvalue weighted by molar-refractivity contribution is 0.0102. The molecule has 2 unspecified atom stereocenters. The first-order valence-electron chi connectivity index (χ1n) is 6.58. The molecule has 0 bridgehead atoms. The second kappa shape index (κ2) is 6.34. The molecule has 7 nitrogen and oxygen atoms in total. The topological polar surface area (TPSA) is 71.0 Å². The molecule has 0 aromatic carbocycles. The van der Waals surface area contributed by atoms with Gasteiger partial charge in [0.2, 0.25) is 11.8 Å². The smallest absolute Gasteiger partial charge is 0.241 e. The molecule has 112 valence electrons. The van der Waals surface area contributed by atoms with Crippen LogP contribution in [0.15, 0.2) is 6.20 Å². The summed E-state index contributed by atoms with van der Waals surface area (Å²) < 4.78 is 10.2. The Kier molecular flexibility index (Phi) is 4.74. The average Bonchev–Trinajstić information content (AvgIpc) is 2.48. The third-order valence-corrected chi connectivity index (χ3v) is 3.69. The van der Waals surface area contributed by atoms with E-state index in [1.165, 1.54) is 20.4 Å². The molecule has 0 radical (unpaired) electrons. The van der Waals surface area contributed by atoms with Gasteiger partial charge in [-0.15, -0.1) is 0 Å². The maximum absolute atomic E-state index is 10.6. The van der Waals surface area contributed by atoms with E-state index in [4.69, 9.17) is 9.47 Å². The molecule has 1 saturated heterocycles. The number of rotatable bonds is 4. The number of aliphatic hydroxyl groups is 1. The maximum atomic E-state index is 10.6. The lowest BCUT2D eigenvalue weighted by Crippen LogP contribution is -2.52. The Morgan fingerprint density at radius 3 is 2.70 bits per heavy atom. The summed E-state index contributed by atoms with van der Waals surface area (Å²) in [6.45, 7) is 2.67. The molecule has 0 saturated carbocycles. The van der Waals surface area contributed by atoms with Crippen molar-refractivity contribution in [3.05, 3.63) is 11.9 Å². The van der Waals surface area contributed by atoms with Crippen LogP contribution in [0.25, 0.3) is 0 Å². The molecule has 7 heteroatoms. The second-order valence-electron chi connectivity index (χ2n) is 5.06. The number of hydrogen-bond acceptors (Lipinski definition) is 7. The summed E-state index contributed by atoms with van der Waals surface area (Å²) in [6, 6.07) is -0.0367. The predicted octanol–water partition coefficient (Wildman–Crippen LogP) is -0.227. The van der Waals surface area contributed by atoms with Gasteiger partial charge >= 0.3 is 0 Å². The largest absolute Gasteiger partial charge is 0.480 e. The zero-order valence-electron chi connectivity index (χ0n) is 12.4. The molecule has 1 fully saturated rings. The summed E-state index contributed by atoms with van der Waals surface area (Å²) in [6.07, 6.45) is 0.740. The van der Waals surface area contributed by atoms with E-state index in [0.29, 0.717) is 17.5 Å². The molecule has 1 aromatic rings. The van der Waals surface area contributed by atoms with Gasteiger partial charge in [-0.2, -0.15) is 4.98 Å². The molecule has 0 aliphatic carbocycles. The van der Waals surface area contributed by atoms with Crippen LogP contribution in [0.5, 0.6) is 11.8 Å². The lowest BCUT2D eigenvalue weighted by Gasteiger charge is -2.39. The minimum atomic E-state index is -0.754. The fourth-order valence-electron chi connectivity index (χ4n) is 2.39. The molecule has 2 atom stereocenters. The van der Waals surface area contributed by atoms with Crippen molar-refractivity contribution in [3.8, 4) is 11.8 Å². The van der Waals surface area contributed by atoms with Crippen molar-refractivity contribution in [2.24, 2.45) is 0 Å². The van der Waals surface area contributed by atoms with E-state index in [0.717, 1.165) is 19.6 Å². The Morgan fingerprint density at radius 2 is 2.05 bits per heavy atom. The Balaban J connectivity index is 2.25. The molecular weight excluding hydrogens is 260 g/mol. The monoisotopic (exact) mass is 282 g/mol. The average molecular weight is 282 g/mol. The second-order valence-corrected chi connectivity index (χ2v) is 5.06. The molecule has 20 heavy (non-hydrogen) atoms. The maximum Gasteiger partial charge on any atom is 0.241 e. The van der Waals surface area contributed by atoms with Crippen molar-refractivity contribution >= 4 is 0 Å². The highest BCUT2D eigenvalue weighted by Crippen LogP contribution is 2.28. The van der Waals surface area contributed by atoms with Crippen LogP contribution < -0.4 is 9.47 Å². The minimum Gasteiger partial charge on any atom is -0.480 e. The Labute approximate surface area is 119 Å². The van der Waals surface area contributed by atoms with Gasteiger partial charge in [0.05, 0.1) is 26.5 Å². The number of piperazine rings is 1. The molecule has 2 rings (SSSR count). The summed E-state index contributed by atoms with van der Waals surface area (Å²) in [4.78, 5) is 12.7. The van der Waals surface area contributed by atoms with Gasteiger partial charge in [0, 0.05) is 19.6 Å². The number of aliphatic hydroxyl groups excluding tert-OH is 1. The van der Waals surface area contributed by atoms with Crippen LogP contribution in [-0.4, -0.2) is 78.9 Å². The van der Waals surface area contributed by atoms with Gasteiger partial charge < -0.3 is 19.5 Å². The minimum absolute atomic E-state index is 0.0367. The quantitative estimate of drug-likeness (QED) is 0.818. The summed E-state index contributed by atoms with van der Waals surface area (Å²) >= 11 is 0. The van der Waals surface area contributed by atoms with Crippen LogP contribution in [0, 0.1) is 0 Å². The van der Waals surface area contributed by atoms with E-state index in [2.05, 4.69) is 19.8 Å². The summed E-state index contributed by atoms with van der Waals surface area (Å²) in [5.74, 6) is 0.672. The van der Waals surface area contributed by atoms with E-state index in [1.807, 2.05) is 14.1 Å². The van der Waals surface area contributed by atoms with E-state index >= 15 is 0 Å². The molecule has 1 N–H and O–H groups in total. The Bertz CT molecular complexity index is 457. The predicted molar refractivity (Wildman–Crippen MR) is 74.0 cm³/mol. The molecule has 1 aromatic heterocycles. The summed E-state index contributed by atoms with van der Waals surface area (Å²) in [7, 11) is 7.08. The highest BCUT2D eigenvalue weighted by Gasteiger charge is 2.32. The van der Waals surface area contributed by atoms with Gasteiger partial charge in [-0.05, 0) is 14.1 Å². The number of ether oxygens (including phenoxy) is 2. The van der Waals surface area contributed by atoms with E-state index in [9.17, 15) is 5.11 Å². The fourth-order valence-corrected chi connectivity index (χ4v) is 2.39. The first-order chi connectivity index (χ1) is 9.56. The number of aromatic nitrogens is 2. The number of hydrogen-bond donors (Lipinski definition) is 1. The van der Waals surface area contributed by atoms with Gasteiger partial charge in [0.15, 0.2) is 0 Å². The van der Waals surface area contributed by atoms with E-state index < -0.39 is 6.10 Å². The van der Waals surface area contributed by atoms with Crippen molar-refractivity contribution in [1.82, 2.24) is 19.8 Å². The van der Waals surface area contributed by atoms with Gasteiger partial charge in [-0.3, -0.25) is 4.90 Å². The lowest BCUT2D eigenvalue weighted by atomic mass is 10.0. The Morgan fingerprint density at radius 1 is 1.30 bits per heavy atom. The first kappa shape index (κ1) is 15.0. The number of methoxy groups -OCH3 is 2. The van der Waals surface area contributed by atoms with Crippen LogP contribution in [0.3, 0.4) is 0 Å². The zero-order chi connectivity index (χ0) is 14.7. The van der Waals surface area contributed by atoms with Gasteiger partial charge in [0.25, 0.3) is 0 Å². The number of likely N-dealkylation sites (N-methyl/N-ethyl adjacent to an activating group) is 2. The zero-order valence-corrected chi connectivity index (χ0v) is 12.4. The summed E-state index contributed by atoms with van der Waals surface area (Å²) in [5.41, 5.74) is 0.445. The van der Waals surface area contributed by atoms with Crippen LogP contribution in [-0.2, 0) is 0 Å². The van der Waals surface area contributed by atoms with Crippen LogP contribution in [0.4, 0.5) is 0 Å². The third kappa shape index (κ3) is 3.00. The van der Waals surface area contributed by atoms with Crippen molar-refractivity contribution in [2.45, 2.75) is 12.1 Å². The molecule has 1 aliphatic rings. The molecule has 1 aliphatic heterocycles. The molecule has 2 heterocycles. The van der Waals surface area contributed by atoms with Crippen molar-refractivity contribution < 1.29 is 14.6 Å². The third-order valence-electron chi connectivity index (χ3n) is 3.69. The van der Waals surface area contributed by atoms with Gasteiger partial charge in [0.1, 0.15) is 11.8 Å². The normalized spacial score (nSPS) is 22.6. The van der Waals surface area contributed by atoms with E-state index in [1.54, 1.807) is 0 Å². The SMILES string of the molecule is COc1cnc(C(O)C2CN(C)CCN2C)c(OC)n1. The molecule has 0 spiro atoms. The van der Waals surface area contributed by atoms with Crippen LogP contribution in [0.1, 0.15) is 11.8 Å². The first-order valence-corrected chi connectivity index (χ1v) is 6.58. The van der Waals surface area contributed by atoms with Crippen molar-refractivity contribution in [1.29, 1.82) is 0 Å². The standard InChI is InChI=1S/C13H22N4O3/c1-16-5-6-17(2)9(8-16)12(18)11-13(20-4)15-10(19-3)7-14-11/h7,9,12,18H,5-6,8H2,1-4H3. The molecular formula is C13H22N4O3. The van der Waals surface area contributed by atoms with Crippen LogP contribution in [0.2, 0.25) is 0 Å². The van der Waals surface area contributed by atoms with Gasteiger partial charge in [-0.25, -0.2) is 4.98 Å².